The predicted molar refractivity (Wildman–Crippen MR) is 72.5 cm³/mol. The summed E-state index contributed by atoms with van der Waals surface area (Å²) in [6.07, 6.45) is 0. The van der Waals surface area contributed by atoms with Gasteiger partial charge in [0.15, 0.2) is 0 Å². The van der Waals surface area contributed by atoms with Gasteiger partial charge in [-0.3, -0.25) is 0 Å². The Hall–Kier alpha value is -0.890. The van der Waals surface area contributed by atoms with Crippen molar-refractivity contribution in [3.63, 3.8) is 0 Å². The van der Waals surface area contributed by atoms with Gasteiger partial charge >= 0.3 is 0 Å². The van der Waals surface area contributed by atoms with Crippen LogP contribution >= 0.6 is 11.3 Å². The van der Waals surface area contributed by atoms with Crippen LogP contribution in [0.4, 0.5) is 0 Å². The van der Waals surface area contributed by atoms with Crippen molar-refractivity contribution < 1.29 is 0 Å². The lowest BCUT2D eigenvalue weighted by Gasteiger charge is -2.11. The van der Waals surface area contributed by atoms with Crippen molar-refractivity contribution in [3.05, 3.63) is 28.3 Å². The molecular formula is C14H19NS. The largest absolute Gasteiger partial charge is 0.241 e. The minimum atomic E-state index is 0.544. The maximum Gasteiger partial charge on any atom is 0.0907 e. The van der Waals surface area contributed by atoms with Gasteiger partial charge in [-0.05, 0) is 36.0 Å². The molecule has 1 aromatic carbocycles. The average Bonchev–Trinajstić information content (AvgIpc) is 2.55. The van der Waals surface area contributed by atoms with Gasteiger partial charge in [-0.2, -0.15) is 0 Å². The van der Waals surface area contributed by atoms with Gasteiger partial charge in [0.25, 0.3) is 0 Å². The molecule has 0 saturated carbocycles. The summed E-state index contributed by atoms with van der Waals surface area (Å²) in [6, 6.07) is 4.63. The molecule has 0 aliphatic heterocycles. The number of nitrogens with zero attached hydrogens (tertiary/aromatic N) is 1. The van der Waals surface area contributed by atoms with Gasteiger partial charge in [-0.25, -0.2) is 4.98 Å². The smallest absolute Gasteiger partial charge is 0.0907 e. The molecule has 0 radical (unpaired) electrons. The molecule has 1 aromatic heterocycles. The van der Waals surface area contributed by atoms with E-state index in [1.54, 1.807) is 11.3 Å². The molecule has 0 saturated heterocycles. The second-order valence-corrected chi connectivity index (χ2v) is 6.23. The number of fused-ring (bicyclic) bond motifs is 1. The van der Waals surface area contributed by atoms with E-state index in [-0.39, 0.29) is 0 Å². The fourth-order valence-corrected chi connectivity index (χ4v) is 2.87. The van der Waals surface area contributed by atoms with Gasteiger partial charge in [-0.1, -0.05) is 33.8 Å². The first-order valence-electron chi connectivity index (χ1n) is 5.90. The Balaban J connectivity index is 2.73. The van der Waals surface area contributed by atoms with E-state index in [2.05, 4.69) is 51.7 Å². The monoisotopic (exact) mass is 233 g/mol. The zero-order valence-electron chi connectivity index (χ0n) is 10.7. The number of aromatic nitrogens is 1. The summed E-state index contributed by atoms with van der Waals surface area (Å²) < 4.78 is 1.34. The highest BCUT2D eigenvalue weighted by atomic mass is 32.1. The molecule has 0 amide bonds. The molecule has 0 atom stereocenters. The Morgan fingerprint density at radius 1 is 1.06 bits per heavy atom. The normalized spacial score (nSPS) is 11.9. The molecule has 2 rings (SSSR count). The van der Waals surface area contributed by atoms with E-state index < -0.39 is 0 Å². The third-order valence-corrected chi connectivity index (χ3v) is 3.86. The maximum absolute atomic E-state index is 4.65. The summed E-state index contributed by atoms with van der Waals surface area (Å²) >= 11 is 1.80. The van der Waals surface area contributed by atoms with Gasteiger partial charge in [0.1, 0.15) is 0 Å². The Labute approximate surface area is 102 Å². The number of benzene rings is 1. The van der Waals surface area contributed by atoms with Gasteiger partial charge in [0, 0.05) is 0 Å². The molecule has 16 heavy (non-hydrogen) atoms. The number of hydrogen-bond acceptors (Lipinski definition) is 2. The van der Waals surface area contributed by atoms with Crippen LogP contribution in [0.25, 0.3) is 10.2 Å². The zero-order valence-corrected chi connectivity index (χ0v) is 11.5. The fourth-order valence-electron chi connectivity index (χ4n) is 1.96. The summed E-state index contributed by atoms with van der Waals surface area (Å²) in [5.41, 5.74) is 4.03. The molecule has 1 heterocycles. The lowest BCUT2D eigenvalue weighted by molar-refractivity contribution is 0.840. The Kier molecular flexibility index (Phi) is 3.02. The van der Waals surface area contributed by atoms with Gasteiger partial charge in [0.2, 0.25) is 0 Å². The van der Waals surface area contributed by atoms with Crippen LogP contribution in [-0.2, 0) is 0 Å². The number of aryl methyl sites for hydroxylation is 1. The zero-order chi connectivity index (χ0) is 11.9. The Morgan fingerprint density at radius 2 is 1.75 bits per heavy atom. The molecule has 0 unspecified atom stereocenters. The van der Waals surface area contributed by atoms with E-state index in [4.69, 9.17) is 0 Å². The van der Waals surface area contributed by atoms with Crippen LogP contribution in [0.1, 0.15) is 55.7 Å². The molecule has 0 bridgehead atoms. The van der Waals surface area contributed by atoms with Crippen molar-refractivity contribution in [2.45, 2.75) is 46.5 Å². The minimum Gasteiger partial charge on any atom is -0.241 e. The summed E-state index contributed by atoms with van der Waals surface area (Å²) in [6.45, 7) is 11.1. The highest BCUT2D eigenvalue weighted by Crippen LogP contribution is 2.32. The molecule has 1 nitrogen and oxygen atoms in total. The Morgan fingerprint density at radius 3 is 2.31 bits per heavy atom. The lowest BCUT2D eigenvalue weighted by Crippen LogP contribution is -1.94. The standard InChI is InChI=1S/C14H19NS/c1-8(2)11-6-12(9(3)4)14-13(7-11)16-10(5)15-14/h6-9H,1-5H3. The summed E-state index contributed by atoms with van der Waals surface area (Å²) in [5.74, 6) is 1.13. The van der Waals surface area contributed by atoms with Crippen molar-refractivity contribution in [1.29, 1.82) is 0 Å². The van der Waals surface area contributed by atoms with Gasteiger partial charge in [-0.15, -0.1) is 11.3 Å². The van der Waals surface area contributed by atoms with E-state index in [1.807, 2.05) is 0 Å². The summed E-state index contributed by atoms with van der Waals surface area (Å²) in [4.78, 5) is 4.65. The molecule has 0 fully saturated rings. The highest BCUT2D eigenvalue weighted by molar-refractivity contribution is 7.18. The summed E-state index contributed by atoms with van der Waals surface area (Å²) in [5, 5.41) is 1.16. The van der Waals surface area contributed by atoms with E-state index in [9.17, 15) is 0 Å². The quantitative estimate of drug-likeness (QED) is 0.722. The third-order valence-electron chi connectivity index (χ3n) is 2.94. The van der Waals surface area contributed by atoms with E-state index >= 15 is 0 Å². The predicted octanol–water partition coefficient (Wildman–Crippen LogP) is 4.85. The minimum absolute atomic E-state index is 0.544. The second kappa shape index (κ2) is 4.17. The average molecular weight is 233 g/mol. The van der Waals surface area contributed by atoms with Crippen LogP contribution in [0.15, 0.2) is 12.1 Å². The van der Waals surface area contributed by atoms with Crippen molar-refractivity contribution >= 4 is 21.6 Å². The molecule has 0 aliphatic rings. The van der Waals surface area contributed by atoms with Crippen molar-refractivity contribution in [2.75, 3.05) is 0 Å². The van der Waals surface area contributed by atoms with E-state index in [1.165, 1.54) is 21.3 Å². The third kappa shape index (κ3) is 1.99. The first-order valence-corrected chi connectivity index (χ1v) is 6.71. The van der Waals surface area contributed by atoms with Crippen LogP contribution in [0.5, 0.6) is 0 Å². The van der Waals surface area contributed by atoms with E-state index in [0.29, 0.717) is 11.8 Å². The fraction of sp³-hybridized carbons (Fsp3) is 0.500. The maximum atomic E-state index is 4.65. The molecule has 0 spiro atoms. The van der Waals surface area contributed by atoms with Crippen molar-refractivity contribution in [2.24, 2.45) is 0 Å². The molecule has 0 aliphatic carbocycles. The molecule has 86 valence electrons. The number of thiazole rings is 1. The lowest BCUT2D eigenvalue weighted by atomic mass is 9.95. The topological polar surface area (TPSA) is 12.9 Å². The van der Waals surface area contributed by atoms with Crippen LogP contribution in [-0.4, -0.2) is 4.98 Å². The van der Waals surface area contributed by atoms with E-state index in [0.717, 1.165) is 5.01 Å². The molecule has 2 aromatic rings. The second-order valence-electron chi connectivity index (χ2n) is 5.00. The van der Waals surface area contributed by atoms with Crippen LogP contribution in [0.3, 0.4) is 0 Å². The first kappa shape index (κ1) is 11.6. The van der Waals surface area contributed by atoms with Gasteiger partial charge in [0.05, 0.1) is 15.2 Å². The number of hydrogen-bond donors (Lipinski definition) is 0. The van der Waals surface area contributed by atoms with Crippen molar-refractivity contribution in [1.82, 2.24) is 4.98 Å². The van der Waals surface area contributed by atoms with Crippen molar-refractivity contribution in [3.8, 4) is 0 Å². The van der Waals surface area contributed by atoms with Gasteiger partial charge < -0.3 is 0 Å². The SMILES string of the molecule is Cc1nc2c(C(C)C)cc(C(C)C)cc2s1. The number of rotatable bonds is 2. The molecule has 2 heteroatoms. The van der Waals surface area contributed by atoms with Crippen LogP contribution < -0.4 is 0 Å². The molecule has 0 N–H and O–H groups in total. The molecular weight excluding hydrogens is 214 g/mol. The first-order chi connectivity index (χ1) is 7.49. The van der Waals surface area contributed by atoms with Crippen LogP contribution in [0, 0.1) is 6.92 Å². The summed E-state index contributed by atoms with van der Waals surface area (Å²) in [7, 11) is 0. The highest BCUT2D eigenvalue weighted by Gasteiger charge is 2.12. The Bertz CT molecular complexity index is 509. The van der Waals surface area contributed by atoms with Crippen LogP contribution in [0.2, 0.25) is 0 Å².